The van der Waals surface area contributed by atoms with E-state index in [0.717, 1.165) is 6.54 Å². The van der Waals surface area contributed by atoms with E-state index in [1.165, 1.54) is 32.1 Å². The van der Waals surface area contributed by atoms with E-state index in [1.807, 2.05) is 27.7 Å². The average molecular weight is 266 g/mol. The van der Waals surface area contributed by atoms with Gasteiger partial charge in [-0.3, -0.25) is 4.79 Å². The van der Waals surface area contributed by atoms with Crippen molar-refractivity contribution < 1.29 is 4.79 Å². The fourth-order valence-corrected chi connectivity index (χ4v) is 2.10. The molecule has 110 valence electrons. The summed E-state index contributed by atoms with van der Waals surface area (Å²) in [4.78, 5) is 11.7. The first kappa shape index (κ1) is 17.8. The normalized spacial score (nSPS) is 17.5. The molecule has 0 spiro atoms. The largest absolute Gasteiger partial charge is 0.402 e. The second-order valence-corrected chi connectivity index (χ2v) is 4.97. The summed E-state index contributed by atoms with van der Waals surface area (Å²) in [7, 11) is 0. The van der Waals surface area contributed by atoms with Crippen LogP contribution in [-0.2, 0) is 4.79 Å². The highest BCUT2D eigenvalue weighted by Gasteiger charge is 2.14. The lowest BCUT2D eigenvalue weighted by Gasteiger charge is -2.21. The van der Waals surface area contributed by atoms with E-state index >= 15 is 0 Å². The summed E-state index contributed by atoms with van der Waals surface area (Å²) in [6.07, 6.45) is 10.0. The minimum atomic E-state index is 0.0214. The molecule has 1 fully saturated rings. The Morgan fingerprint density at radius 3 is 2.26 bits per heavy atom. The van der Waals surface area contributed by atoms with Gasteiger partial charge in [-0.1, -0.05) is 39.2 Å². The van der Waals surface area contributed by atoms with Crippen molar-refractivity contribution in [2.75, 3.05) is 6.54 Å². The molecule has 0 aromatic carbocycles. The van der Waals surface area contributed by atoms with Crippen LogP contribution in [0.15, 0.2) is 23.4 Å². The maximum atomic E-state index is 11.7. The van der Waals surface area contributed by atoms with Crippen LogP contribution >= 0.6 is 0 Å². The van der Waals surface area contributed by atoms with Gasteiger partial charge in [-0.25, -0.2) is 0 Å². The van der Waals surface area contributed by atoms with Crippen molar-refractivity contribution in [1.29, 1.82) is 0 Å². The van der Waals surface area contributed by atoms with Crippen molar-refractivity contribution >= 4 is 5.91 Å². The lowest BCUT2D eigenvalue weighted by atomic mass is 9.89. The van der Waals surface area contributed by atoms with E-state index in [4.69, 9.17) is 5.73 Å². The summed E-state index contributed by atoms with van der Waals surface area (Å²) in [5, 5.41) is 3.00. The molecule has 3 heteroatoms. The number of nitrogens with one attached hydrogen (secondary N) is 1. The second-order valence-electron chi connectivity index (χ2n) is 4.97. The van der Waals surface area contributed by atoms with Crippen molar-refractivity contribution in [2.45, 2.75) is 59.8 Å². The van der Waals surface area contributed by atoms with Crippen molar-refractivity contribution in [1.82, 2.24) is 5.32 Å². The first-order valence-electron chi connectivity index (χ1n) is 7.48. The monoisotopic (exact) mass is 266 g/mol. The van der Waals surface area contributed by atoms with Gasteiger partial charge >= 0.3 is 0 Å². The molecule has 0 radical (unpaired) electrons. The highest BCUT2D eigenvalue weighted by atomic mass is 16.1. The predicted octanol–water partition coefficient (Wildman–Crippen LogP) is 3.52. The molecule has 0 atom stereocenters. The summed E-state index contributed by atoms with van der Waals surface area (Å²) in [6, 6.07) is 0. The van der Waals surface area contributed by atoms with E-state index < -0.39 is 0 Å². The standard InChI is InChI=1S/C14H24N2O.C2H6/c1-11(8-9-12(2)15)14(17)16-10-13-6-4-3-5-7-13;1-2/h8-9,13H,3-7,10,15H2,1-2H3,(H,16,17);1-2H3/b11-8+,12-9-;. The number of hydrogen-bond donors (Lipinski definition) is 2. The summed E-state index contributed by atoms with van der Waals surface area (Å²) < 4.78 is 0. The highest BCUT2D eigenvalue weighted by Crippen LogP contribution is 2.22. The van der Waals surface area contributed by atoms with Crippen molar-refractivity contribution in [3.05, 3.63) is 23.4 Å². The number of allylic oxidation sites excluding steroid dienone is 3. The Hall–Kier alpha value is -1.25. The van der Waals surface area contributed by atoms with Crippen LogP contribution in [0.1, 0.15) is 59.8 Å². The van der Waals surface area contributed by atoms with E-state index in [-0.39, 0.29) is 5.91 Å². The fourth-order valence-electron chi connectivity index (χ4n) is 2.10. The Morgan fingerprint density at radius 2 is 1.74 bits per heavy atom. The zero-order chi connectivity index (χ0) is 14.7. The molecule has 0 heterocycles. The summed E-state index contributed by atoms with van der Waals surface area (Å²) in [6.45, 7) is 8.44. The van der Waals surface area contributed by atoms with Gasteiger partial charge in [0.15, 0.2) is 0 Å². The van der Waals surface area contributed by atoms with Gasteiger partial charge in [0.1, 0.15) is 0 Å². The van der Waals surface area contributed by atoms with Crippen LogP contribution in [0.3, 0.4) is 0 Å². The van der Waals surface area contributed by atoms with Crippen molar-refractivity contribution in [2.24, 2.45) is 11.7 Å². The van der Waals surface area contributed by atoms with Crippen LogP contribution in [0, 0.1) is 5.92 Å². The Labute approximate surface area is 118 Å². The zero-order valence-corrected chi connectivity index (χ0v) is 13.0. The van der Waals surface area contributed by atoms with Gasteiger partial charge in [0, 0.05) is 17.8 Å². The SMILES string of the molecule is C/C(N)=C/C=C(\C)C(=O)NCC1CCCCC1.CC. The van der Waals surface area contributed by atoms with Gasteiger partial charge in [-0.2, -0.15) is 0 Å². The van der Waals surface area contributed by atoms with Crippen molar-refractivity contribution in [3.63, 3.8) is 0 Å². The predicted molar refractivity (Wildman–Crippen MR) is 82.6 cm³/mol. The molecular formula is C16H30N2O. The third kappa shape index (κ3) is 8.46. The molecule has 3 nitrogen and oxygen atoms in total. The van der Waals surface area contributed by atoms with Crippen LogP contribution in [0.25, 0.3) is 0 Å². The lowest BCUT2D eigenvalue weighted by molar-refractivity contribution is -0.117. The van der Waals surface area contributed by atoms with Gasteiger partial charge in [0.2, 0.25) is 5.91 Å². The van der Waals surface area contributed by atoms with Gasteiger partial charge in [0.25, 0.3) is 0 Å². The summed E-state index contributed by atoms with van der Waals surface area (Å²) in [5.41, 5.74) is 6.94. The maximum absolute atomic E-state index is 11.7. The maximum Gasteiger partial charge on any atom is 0.246 e. The van der Waals surface area contributed by atoms with E-state index in [1.54, 1.807) is 12.2 Å². The van der Waals surface area contributed by atoms with Crippen LogP contribution < -0.4 is 11.1 Å². The first-order valence-corrected chi connectivity index (χ1v) is 7.48. The molecule has 0 aromatic heterocycles. The number of carbonyl (C=O) groups is 1. The third-order valence-corrected chi connectivity index (χ3v) is 3.23. The molecule has 0 unspecified atom stereocenters. The number of amides is 1. The molecule has 0 aromatic rings. The van der Waals surface area contributed by atoms with Gasteiger partial charge < -0.3 is 11.1 Å². The smallest absolute Gasteiger partial charge is 0.246 e. The number of rotatable bonds is 4. The topological polar surface area (TPSA) is 55.1 Å². The number of nitrogens with two attached hydrogens (primary N) is 1. The molecule has 3 N–H and O–H groups in total. The number of carbonyl (C=O) groups excluding carboxylic acids is 1. The van der Waals surface area contributed by atoms with Crippen LogP contribution in [0.5, 0.6) is 0 Å². The van der Waals surface area contributed by atoms with Crippen LogP contribution in [0.2, 0.25) is 0 Å². The molecule has 0 saturated heterocycles. The summed E-state index contributed by atoms with van der Waals surface area (Å²) in [5.74, 6) is 0.695. The Balaban J connectivity index is 0.00000154. The average Bonchev–Trinajstić information content (AvgIpc) is 2.45. The van der Waals surface area contributed by atoms with E-state index in [0.29, 0.717) is 17.2 Å². The molecule has 1 aliphatic rings. The Bertz CT molecular complexity index is 309. The molecule has 1 aliphatic carbocycles. The second kappa shape index (κ2) is 10.7. The van der Waals surface area contributed by atoms with Crippen molar-refractivity contribution in [3.8, 4) is 0 Å². The molecule has 0 aliphatic heterocycles. The molecule has 1 amide bonds. The zero-order valence-electron chi connectivity index (χ0n) is 13.0. The minimum absolute atomic E-state index is 0.0214. The quantitative estimate of drug-likeness (QED) is 0.604. The molecule has 0 bridgehead atoms. The Kier molecular flexibility index (Phi) is 9.95. The molecule has 1 rings (SSSR count). The highest BCUT2D eigenvalue weighted by molar-refractivity contribution is 5.93. The Morgan fingerprint density at radius 1 is 1.16 bits per heavy atom. The van der Waals surface area contributed by atoms with E-state index in [2.05, 4.69) is 5.32 Å². The van der Waals surface area contributed by atoms with Crippen LogP contribution in [-0.4, -0.2) is 12.5 Å². The van der Waals surface area contributed by atoms with Gasteiger partial charge in [-0.05, 0) is 38.7 Å². The number of hydrogen-bond acceptors (Lipinski definition) is 2. The third-order valence-electron chi connectivity index (χ3n) is 3.23. The lowest BCUT2D eigenvalue weighted by Crippen LogP contribution is -2.30. The summed E-state index contributed by atoms with van der Waals surface area (Å²) >= 11 is 0. The van der Waals surface area contributed by atoms with Crippen LogP contribution in [0.4, 0.5) is 0 Å². The minimum Gasteiger partial charge on any atom is -0.402 e. The van der Waals surface area contributed by atoms with Gasteiger partial charge in [-0.15, -0.1) is 0 Å². The molecule has 1 saturated carbocycles. The molecule has 19 heavy (non-hydrogen) atoms. The first-order chi connectivity index (χ1) is 9.09. The molecular weight excluding hydrogens is 236 g/mol. The van der Waals surface area contributed by atoms with Gasteiger partial charge in [0.05, 0.1) is 0 Å². The fraction of sp³-hybridized carbons (Fsp3) is 0.688. The van der Waals surface area contributed by atoms with E-state index in [9.17, 15) is 4.79 Å².